The van der Waals surface area contributed by atoms with E-state index in [2.05, 4.69) is 6.92 Å². The van der Waals surface area contributed by atoms with Crippen LogP contribution in [0.5, 0.6) is 0 Å². The normalized spacial score (nSPS) is 42.0. The molecule has 4 aliphatic carbocycles. The van der Waals surface area contributed by atoms with Gasteiger partial charge >= 0.3 is 0 Å². The Morgan fingerprint density at radius 1 is 1.00 bits per heavy atom. The summed E-state index contributed by atoms with van der Waals surface area (Å²) in [5.41, 5.74) is 2.06. The van der Waals surface area contributed by atoms with E-state index in [0.717, 1.165) is 49.7 Å². The predicted molar refractivity (Wildman–Crippen MR) is 77.5 cm³/mol. The molecule has 3 nitrogen and oxygen atoms in total. The van der Waals surface area contributed by atoms with E-state index in [-0.39, 0.29) is 17.0 Å². The van der Waals surface area contributed by atoms with Gasteiger partial charge in [0.15, 0.2) is 0 Å². The molecule has 0 aromatic heterocycles. The molecule has 21 heavy (non-hydrogen) atoms. The van der Waals surface area contributed by atoms with Gasteiger partial charge in [-0.3, -0.25) is 14.4 Å². The van der Waals surface area contributed by atoms with Crippen LogP contribution in [0.3, 0.4) is 0 Å². The van der Waals surface area contributed by atoms with Gasteiger partial charge in [0.05, 0.1) is 0 Å². The fourth-order valence-corrected chi connectivity index (χ4v) is 5.35. The second-order valence-electron chi connectivity index (χ2n) is 7.33. The van der Waals surface area contributed by atoms with Crippen LogP contribution in [0.2, 0.25) is 0 Å². The standard InChI is InChI=1S/C18H20O3/c1-18-7-6-11-12(14(18)4-5-17(18)21)3-2-10-8-15(19)16(20)9-13(10)11/h8-9,11-12,14H,2-7H2,1H3/t11?,12?,14?,18-/m0/s1. The number of carbonyl (C=O) groups excluding carboxylic acids is 3. The molecule has 3 unspecified atom stereocenters. The van der Waals surface area contributed by atoms with Gasteiger partial charge in [-0.2, -0.15) is 0 Å². The lowest BCUT2D eigenvalue weighted by molar-refractivity contribution is -0.131. The maximum atomic E-state index is 12.3. The van der Waals surface area contributed by atoms with E-state index in [9.17, 15) is 14.4 Å². The van der Waals surface area contributed by atoms with Crippen LogP contribution in [0.1, 0.15) is 45.4 Å². The van der Waals surface area contributed by atoms with Crippen LogP contribution < -0.4 is 0 Å². The molecule has 0 bridgehead atoms. The third-order valence-electron chi connectivity index (χ3n) is 6.50. The van der Waals surface area contributed by atoms with E-state index < -0.39 is 0 Å². The second kappa shape index (κ2) is 4.25. The van der Waals surface area contributed by atoms with Crippen molar-refractivity contribution < 1.29 is 14.4 Å². The second-order valence-corrected chi connectivity index (χ2v) is 7.33. The van der Waals surface area contributed by atoms with Crippen molar-refractivity contribution in [2.45, 2.75) is 45.4 Å². The molecule has 0 aromatic rings. The molecule has 3 saturated carbocycles. The summed E-state index contributed by atoms with van der Waals surface area (Å²) in [5.74, 6) is 1.06. The first-order valence-electron chi connectivity index (χ1n) is 8.05. The quantitative estimate of drug-likeness (QED) is 0.507. The van der Waals surface area contributed by atoms with Gasteiger partial charge in [-0.05, 0) is 73.2 Å². The predicted octanol–water partition coefficient (Wildman–Crippen LogP) is 2.80. The molecule has 4 rings (SSSR count). The van der Waals surface area contributed by atoms with Crippen molar-refractivity contribution >= 4 is 17.3 Å². The van der Waals surface area contributed by atoms with Crippen molar-refractivity contribution in [2.24, 2.45) is 23.2 Å². The summed E-state index contributed by atoms with van der Waals surface area (Å²) in [4.78, 5) is 35.6. The molecule has 110 valence electrons. The molecular weight excluding hydrogens is 264 g/mol. The largest absolute Gasteiger partial charge is 0.299 e. The molecule has 0 saturated heterocycles. The van der Waals surface area contributed by atoms with Crippen molar-refractivity contribution in [3.63, 3.8) is 0 Å². The van der Waals surface area contributed by atoms with Gasteiger partial charge < -0.3 is 0 Å². The minimum Gasteiger partial charge on any atom is -0.299 e. The molecule has 0 amide bonds. The first-order valence-corrected chi connectivity index (χ1v) is 8.05. The van der Waals surface area contributed by atoms with Crippen LogP contribution in [0.4, 0.5) is 0 Å². The molecule has 4 atom stereocenters. The van der Waals surface area contributed by atoms with E-state index in [4.69, 9.17) is 0 Å². The smallest absolute Gasteiger partial charge is 0.226 e. The fourth-order valence-electron chi connectivity index (χ4n) is 5.35. The third kappa shape index (κ3) is 1.69. The zero-order valence-corrected chi connectivity index (χ0v) is 12.4. The van der Waals surface area contributed by atoms with E-state index >= 15 is 0 Å². The van der Waals surface area contributed by atoms with E-state index in [1.807, 2.05) is 0 Å². The number of fused-ring (bicyclic) bond motifs is 5. The van der Waals surface area contributed by atoms with Crippen LogP contribution in [-0.2, 0) is 14.4 Å². The molecule has 3 fully saturated rings. The van der Waals surface area contributed by atoms with Crippen LogP contribution in [0.25, 0.3) is 0 Å². The number of hydrogen-bond acceptors (Lipinski definition) is 3. The summed E-state index contributed by atoms with van der Waals surface area (Å²) in [6.07, 6.45) is 8.74. The molecule has 3 heteroatoms. The topological polar surface area (TPSA) is 51.2 Å². The van der Waals surface area contributed by atoms with Crippen LogP contribution in [-0.4, -0.2) is 17.3 Å². The first-order chi connectivity index (χ1) is 10.0. The van der Waals surface area contributed by atoms with E-state index in [1.165, 1.54) is 0 Å². The van der Waals surface area contributed by atoms with Gasteiger partial charge in [-0.1, -0.05) is 6.92 Å². The molecule has 0 N–H and O–H groups in total. The van der Waals surface area contributed by atoms with Crippen molar-refractivity contribution in [2.75, 3.05) is 0 Å². The van der Waals surface area contributed by atoms with Gasteiger partial charge in [-0.15, -0.1) is 0 Å². The number of hydrogen-bond donors (Lipinski definition) is 0. The van der Waals surface area contributed by atoms with Gasteiger partial charge in [0, 0.05) is 11.8 Å². The Bertz CT molecular complexity index is 624. The maximum Gasteiger partial charge on any atom is 0.226 e. The van der Waals surface area contributed by atoms with Gasteiger partial charge in [0.1, 0.15) is 5.78 Å². The van der Waals surface area contributed by atoms with Crippen LogP contribution >= 0.6 is 0 Å². The first kappa shape index (κ1) is 13.2. The summed E-state index contributed by atoms with van der Waals surface area (Å²) in [5, 5.41) is 0. The lowest BCUT2D eigenvalue weighted by atomic mass is 9.54. The van der Waals surface area contributed by atoms with Gasteiger partial charge in [-0.25, -0.2) is 0 Å². The number of Topliss-reactive ketones (excluding diaryl/α,β-unsaturated/α-hetero) is 1. The number of carbonyl (C=O) groups is 3. The van der Waals surface area contributed by atoms with Gasteiger partial charge in [0.2, 0.25) is 11.6 Å². The van der Waals surface area contributed by atoms with Gasteiger partial charge in [0.25, 0.3) is 0 Å². The highest BCUT2D eigenvalue weighted by atomic mass is 16.2. The summed E-state index contributed by atoms with van der Waals surface area (Å²) in [6, 6.07) is 0. The van der Waals surface area contributed by atoms with Crippen molar-refractivity contribution in [1.82, 2.24) is 0 Å². The summed E-state index contributed by atoms with van der Waals surface area (Å²) in [7, 11) is 0. The third-order valence-corrected chi connectivity index (χ3v) is 6.50. The maximum absolute atomic E-state index is 12.3. The minimum absolute atomic E-state index is 0.128. The number of rotatable bonds is 0. The van der Waals surface area contributed by atoms with Crippen molar-refractivity contribution in [3.05, 3.63) is 23.3 Å². The van der Waals surface area contributed by atoms with Crippen LogP contribution in [0, 0.1) is 23.2 Å². The Labute approximate surface area is 124 Å². The molecule has 0 aliphatic heterocycles. The SMILES string of the molecule is C[C@]12CCC3C4=CC(=O)C(=O)C=C4CCC3C1CCC2=O. The van der Waals surface area contributed by atoms with Crippen molar-refractivity contribution in [3.8, 4) is 0 Å². The number of allylic oxidation sites excluding steroid dienone is 4. The molecule has 4 aliphatic rings. The van der Waals surface area contributed by atoms with Crippen molar-refractivity contribution in [1.29, 1.82) is 0 Å². The molecular formula is C18H20O3. The highest BCUT2D eigenvalue weighted by molar-refractivity contribution is 6.46. The highest BCUT2D eigenvalue weighted by Gasteiger charge is 2.55. The Morgan fingerprint density at radius 2 is 1.76 bits per heavy atom. The minimum atomic E-state index is -0.371. The molecule has 0 heterocycles. The zero-order chi connectivity index (χ0) is 14.8. The highest BCUT2D eigenvalue weighted by Crippen LogP contribution is 2.59. The Balaban J connectivity index is 1.71. The lowest BCUT2D eigenvalue weighted by Crippen LogP contribution is -2.44. The Morgan fingerprint density at radius 3 is 2.57 bits per heavy atom. The van der Waals surface area contributed by atoms with E-state index in [1.54, 1.807) is 12.2 Å². The van der Waals surface area contributed by atoms with Crippen LogP contribution in [0.15, 0.2) is 23.3 Å². The Hall–Kier alpha value is -1.51. The molecule has 0 aromatic carbocycles. The van der Waals surface area contributed by atoms with E-state index in [0.29, 0.717) is 23.5 Å². The zero-order valence-electron chi connectivity index (χ0n) is 12.4. The Kier molecular flexibility index (Phi) is 2.66. The fraction of sp³-hybridized carbons (Fsp3) is 0.611. The summed E-state index contributed by atoms with van der Waals surface area (Å²) >= 11 is 0. The number of ketones is 3. The molecule has 0 spiro atoms. The average molecular weight is 284 g/mol. The lowest BCUT2D eigenvalue weighted by Gasteiger charge is -2.49. The molecule has 0 radical (unpaired) electrons. The summed E-state index contributed by atoms with van der Waals surface area (Å²) < 4.78 is 0. The monoisotopic (exact) mass is 284 g/mol. The summed E-state index contributed by atoms with van der Waals surface area (Å²) in [6.45, 7) is 2.15. The average Bonchev–Trinajstić information content (AvgIpc) is 2.76.